The quantitative estimate of drug-likeness (QED) is 0.285. The second kappa shape index (κ2) is 9.74. The summed E-state index contributed by atoms with van der Waals surface area (Å²) in [6.07, 6.45) is 2.48. The highest BCUT2D eigenvalue weighted by Crippen LogP contribution is 2.42. The van der Waals surface area contributed by atoms with Gasteiger partial charge in [0.1, 0.15) is 0 Å². The monoisotopic (exact) mass is 529 g/mol. The second-order valence-corrected chi connectivity index (χ2v) is 11.0. The van der Waals surface area contributed by atoms with Crippen LogP contribution in [0.3, 0.4) is 0 Å². The van der Waals surface area contributed by atoms with Crippen molar-refractivity contribution in [3.8, 4) is 16.3 Å². The fourth-order valence-electron chi connectivity index (χ4n) is 4.53. The first-order valence-electron chi connectivity index (χ1n) is 11.1. The predicted molar refractivity (Wildman–Crippen MR) is 141 cm³/mol. The van der Waals surface area contributed by atoms with Crippen molar-refractivity contribution in [3.63, 3.8) is 0 Å². The molecule has 0 fully saturated rings. The Balaban J connectivity index is 1.57. The molecule has 1 aliphatic rings. The van der Waals surface area contributed by atoms with Crippen LogP contribution in [0.5, 0.6) is 0 Å². The predicted octanol–water partition coefficient (Wildman–Crippen LogP) is 7.86. The number of carbonyl (C=O) groups is 1. The lowest BCUT2D eigenvalue weighted by molar-refractivity contribution is -0.123. The van der Waals surface area contributed by atoms with Gasteiger partial charge in [-0.05, 0) is 62.1 Å². The Morgan fingerprint density at radius 3 is 2.62 bits per heavy atom. The van der Waals surface area contributed by atoms with Crippen molar-refractivity contribution in [1.29, 1.82) is 0 Å². The first-order valence-corrected chi connectivity index (χ1v) is 13.1. The van der Waals surface area contributed by atoms with Gasteiger partial charge in [-0.1, -0.05) is 65.1 Å². The topological polar surface area (TPSA) is 46.9 Å². The van der Waals surface area contributed by atoms with E-state index in [4.69, 9.17) is 39.9 Å². The summed E-state index contributed by atoms with van der Waals surface area (Å²) < 4.78 is 2.54. The number of amides is 1. The number of rotatable bonds is 5. The zero-order valence-corrected chi connectivity index (χ0v) is 21.5. The van der Waals surface area contributed by atoms with E-state index in [0.29, 0.717) is 14.4 Å². The van der Waals surface area contributed by atoms with Crippen LogP contribution in [-0.2, 0) is 11.2 Å². The van der Waals surface area contributed by atoms with Crippen molar-refractivity contribution in [2.45, 2.75) is 38.1 Å². The normalized spacial score (nSPS) is 16.2. The van der Waals surface area contributed by atoms with E-state index in [0.717, 1.165) is 52.3 Å². The first-order chi connectivity index (χ1) is 16.4. The van der Waals surface area contributed by atoms with E-state index in [1.54, 1.807) is 12.1 Å². The summed E-state index contributed by atoms with van der Waals surface area (Å²) in [5.41, 5.74) is 4.60. The van der Waals surface area contributed by atoms with Gasteiger partial charge in [0.25, 0.3) is 0 Å². The number of benzene rings is 2. The lowest BCUT2D eigenvalue weighted by atomic mass is 9.85. The van der Waals surface area contributed by atoms with Crippen molar-refractivity contribution in [3.05, 3.63) is 91.9 Å². The molecule has 2 heterocycles. The van der Waals surface area contributed by atoms with Crippen LogP contribution in [0.4, 0.5) is 0 Å². The van der Waals surface area contributed by atoms with Crippen molar-refractivity contribution in [1.82, 2.24) is 15.1 Å². The highest BCUT2D eigenvalue weighted by molar-refractivity contribution is 7.19. The Morgan fingerprint density at radius 1 is 1.12 bits per heavy atom. The molecule has 8 heteroatoms. The van der Waals surface area contributed by atoms with Gasteiger partial charge >= 0.3 is 0 Å². The SMILES string of the molecule is C[C@@H](NC(=O)[C@H]1CCCc2c1nn(-c1ccc(Cl)cc1Cl)c2-c1ccc(Cl)s1)c1ccccc1. The Labute approximate surface area is 217 Å². The molecule has 34 heavy (non-hydrogen) atoms. The summed E-state index contributed by atoms with van der Waals surface area (Å²) >= 11 is 20.5. The third kappa shape index (κ3) is 4.50. The summed E-state index contributed by atoms with van der Waals surface area (Å²) in [6.45, 7) is 2.00. The molecule has 0 unspecified atom stereocenters. The summed E-state index contributed by atoms with van der Waals surface area (Å²) in [5.74, 6) is -0.351. The number of hydrogen-bond donors (Lipinski definition) is 1. The molecular formula is C26H22Cl3N3OS. The molecule has 4 nitrogen and oxygen atoms in total. The largest absolute Gasteiger partial charge is 0.349 e. The molecule has 4 aromatic rings. The molecule has 1 N–H and O–H groups in total. The van der Waals surface area contributed by atoms with Gasteiger partial charge in [0.2, 0.25) is 5.91 Å². The number of aromatic nitrogens is 2. The van der Waals surface area contributed by atoms with Crippen molar-refractivity contribution >= 4 is 52.0 Å². The number of nitrogens with one attached hydrogen (secondary N) is 1. The van der Waals surface area contributed by atoms with E-state index >= 15 is 0 Å². The number of hydrogen-bond acceptors (Lipinski definition) is 3. The molecule has 5 rings (SSSR count). The van der Waals surface area contributed by atoms with Gasteiger partial charge in [-0.15, -0.1) is 11.3 Å². The van der Waals surface area contributed by atoms with E-state index in [1.807, 2.05) is 60.1 Å². The Bertz CT molecular complexity index is 1350. The van der Waals surface area contributed by atoms with Crippen molar-refractivity contribution in [2.75, 3.05) is 0 Å². The molecule has 0 radical (unpaired) electrons. The highest BCUT2D eigenvalue weighted by Gasteiger charge is 2.34. The van der Waals surface area contributed by atoms with Crippen LogP contribution in [0.1, 0.15) is 48.5 Å². The van der Waals surface area contributed by atoms with E-state index in [1.165, 1.54) is 11.3 Å². The summed E-state index contributed by atoms with van der Waals surface area (Å²) in [4.78, 5) is 14.4. The molecule has 0 saturated heterocycles. The van der Waals surface area contributed by atoms with Gasteiger partial charge in [0.15, 0.2) is 0 Å². The lowest BCUT2D eigenvalue weighted by Gasteiger charge is -2.23. The van der Waals surface area contributed by atoms with E-state index in [9.17, 15) is 4.79 Å². The Kier molecular flexibility index (Phi) is 6.72. The molecule has 2 atom stereocenters. The molecule has 174 valence electrons. The van der Waals surface area contributed by atoms with Crippen molar-refractivity contribution < 1.29 is 4.79 Å². The average molecular weight is 531 g/mol. The van der Waals surface area contributed by atoms with Crippen molar-refractivity contribution in [2.24, 2.45) is 0 Å². The lowest BCUT2D eigenvalue weighted by Crippen LogP contribution is -2.33. The van der Waals surface area contributed by atoms with Gasteiger partial charge in [0.05, 0.1) is 43.3 Å². The minimum atomic E-state index is -0.337. The molecule has 0 aliphatic heterocycles. The van der Waals surface area contributed by atoms with E-state index < -0.39 is 0 Å². The number of fused-ring (bicyclic) bond motifs is 1. The van der Waals surface area contributed by atoms with Crippen LogP contribution >= 0.6 is 46.1 Å². The van der Waals surface area contributed by atoms with Gasteiger partial charge in [-0.3, -0.25) is 4.79 Å². The maximum Gasteiger partial charge on any atom is 0.229 e. The van der Waals surface area contributed by atoms with E-state index in [2.05, 4.69) is 5.32 Å². The maximum absolute atomic E-state index is 13.4. The van der Waals surface area contributed by atoms with Crippen LogP contribution in [0.2, 0.25) is 14.4 Å². The Morgan fingerprint density at radius 2 is 1.91 bits per heavy atom. The molecule has 1 amide bonds. The summed E-state index contributed by atoms with van der Waals surface area (Å²) in [7, 11) is 0. The zero-order valence-electron chi connectivity index (χ0n) is 18.4. The second-order valence-electron chi connectivity index (χ2n) is 8.41. The van der Waals surface area contributed by atoms with E-state index in [-0.39, 0.29) is 17.9 Å². The minimum absolute atomic E-state index is 0.0140. The molecule has 0 bridgehead atoms. The van der Waals surface area contributed by atoms with Crippen LogP contribution in [0.15, 0.2) is 60.7 Å². The standard InChI is InChI=1S/C26H22Cl3N3OS/c1-15(16-6-3-2-4-7-16)30-26(33)19-9-5-8-18-24(19)31-32(21-11-10-17(27)14-20(21)28)25(18)22-12-13-23(29)34-22/h2-4,6-7,10-15,19H,5,8-9H2,1H3,(H,30,33)/t15-,19+/m1/s1. The molecule has 0 saturated carbocycles. The smallest absolute Gasteiger partial charge is 0.229 e. The maximum atomic E-state index is 13.4. The van der Waals surface area contributed by atoms with Crippen LogP contribution < -0.4 is 5.32 Å². The molecule has 2 aromatic heterocycles. The van der Waals surface area contributed by atoms with Gasteiger partial charge in [-0.2, -0.15) is 5.10 Å². The fourth-order valence-corrected chi connectivity index (χ4v) is 6.12. The highest BCUT2D eigenvalue weighted by atomic mass is 35.5. The Hall–Kier alpha value is -2.31. The number of nitrogens with zero attached hydrogens (tertiary/aromatic N) is 2. The number of halogens is 3. The van der Waals surface area contributed by atoms with Crippen LogP contribution in [-0.4, -0.2) is 15.7 Å². The fraction of sp³-hybridized carbons (Fsp3) is 0.231. The zero-order chi connectivity index (χ0) is 23.8. The summed E-state index contributed by atoms with van der Waals surface area (Å²) in [5, 5.41) is 9.21. The molecular weight excluding hydrogens is 509 g/mol. The molecule has 2 aromatic carbocycles. The number of carbonyl (C=O) groups excluding carboxylic acids is 1. The van der Waals surface area contributed by atoms with Gasteiger partial charge in [0, 0.05) is 10.6 Å². The average Bonchev–Trinajstić information content (AvgIpc) is 3.42. The molecule has 0 spiro atoms. The third-order valence-electron chi connectivity index (χ3n) is 6.18. The van der Waals surface area contributed by atoms with Gasteiger partial charge < -0.3 is 5.32 Å². The summed E-state index contributed by atoms with van der Waals surface area (Å²) in [6, 6.07) is 19.1. The molecule has 1 aliphatic carbocycles. The van der Waals surface area contributed by atoms with Gasteiger partial charge in [-0.25, -0.2) is 4.68 Å². The first kappa shape index (κ1) is 23.4. The number of thiophene rings is 1. The minimum Gasteiger partial charge on any atom is -0.349 e. The van der Waals surface area contributed by atoms with Crippen LogP contribution in [0.25, 0.3) is 16.3 Å². The van der Waals surface area contributed by atoms with Crippen LogP contribution in [0, 0.1) is 0 Å². The third-order valence-corrected chi connectivity index (χ3v) is 7.96.